The zero-order valence-corrected chi connectivity index (χ0v) is 9.78. The molecule has 3 N–H and O–H groups in total. The van der Waals surface area contributed by atoms with Crippen LogP contribution in [0.3, 0.4) is 0 Å². The van der Waals surface area contributed by atoms with Gasteiger partial charge in [-0.3, -0.25) is 4.79 Å². The number of fused-ring (bicyclic) bond motifs is 1. The number of nitrogen functional groups attached to an aromatic ring is 1. The molecule has 0 atom stereocenters. The highest BCUT2D eigenvalue weighted by Crippen LogP contribution is 2.25. The molecule has 1 saturated heterocycles. The van der Waals surface area contributed by atoms with Crippen molar-refractivity contribution in [2.45, 2.75) is 6.10 Å². The Morgan fingerprint density at radius 1 is 1.53 bits per heavy atom. The van der Waals surface area contributed by atoms with Crippen molar-refractivity contribution >= 4 is 32.6 Å². The van der Waals surface area contributed by atoms with Gasteiger partial charge in [-0.2, -0.15) is 0 Å². The Hall–Kier alpha value is -1.66. The van der Waals surface area contributed by atoms with Gasteiger partial charge in [0.05, 0.1) is 16.3 Å². The maximum atomic E-state index is 12.0. The number of aromatic nitrogens is 1. The lowest BCUT2D eigenvalue weighted by Crippen LogP contribution is -2.53. The number of rotatable bonds is 1. The van der Waals surface area contributed by atoms with Crippen LogP contribution < -0.4 is 5.73 Å². The number of amides is 1. The number of hydrogen-bond donors (Lipinski definition) is 2. The molecule has 2 heterocycles. The molecule has 1 aliphatic heterocycles. The number of benzene rings is 1. The molecule has 0 unspecified atom stereocenters. The zero-order chi connectivity index (χ0) is 12.0. The number of nitrogens with two attached hydrogens (primary N) is 1. The van der Waals surface area contributed by atoms with Crippen molar-refractivity contribution in [2.24, 2.45) is 0 Å². The smallest absolute Gasteiger partial charge is 0.254 e. The van der Waals surface area contributed by atoms with E-state index in [1.54, 1.807) is 23.1 Å². The number of aliphatic hydroxyl groups is 1. The first-order chi connectivity index (χ1) is 8.13. The SMILES string of the molecule is Nc1nc2ccc(C(=O)N3CC(O)C3)cc2s1. The fraction of sp³-hybridized carbons (Fsp3) is 0.273. The second-order valence-corrected chi connectivity index (χ2v) is 5.16. The molecule has 1 aliphatic rings. The lowest BCUT2D eigenvalue weighted by Gasteiger charge is -2.35. The van der Waals surface area contributed by atoms with Gasteiger partial charge in [-0.15, -0.1) is 0 Å². The molecule has 1 aromatic carbocycles. The van der Waals surface area contributed by atoms with Crippen LogP contribution in [0.25, 0.3) is 10.2 Å². The lowest BCUT2D eigenvalue weighted by molar-refractivity contribution is 0.00591. The average molecular weight is 249 g/mol. The third kappa shape index (κ3) is 1.75. The van der Waals surface area contributed by atoms with E-state index >= 15 is 0 Å². The number of aliphatic hydroxyl groups excluding tert-OH is 1. The number of likely N-dealkylation sites (tertiary alicyclic amines) is 1. The summed E-state index contributed by atoms with van der Waals surface area (Å²) in [5.74, 6) is -0.0517. The van der Waals surface area contributed by atoms with Crippen molar-refractivity contribution in [1.82, 2.24) is 9.88 Å². The predicted molar refractivity (Wildman–Crippen MR) is 65.9 cm³/mol. The highest BCUT2D eigenvalue weighted by atomic mass is 32.1. The standard InChI is InChI=1S/C11H11N3O2S/c12-11-13-8-2-1-6(3-9(8)17-11)10(16)14-4-7(15)5-14/h1-3,7,15H,4-5H2,(H2,12,13). The van der Waals surface area contributed by atoms with Gasteiger partial charge in [-0.1, -0.05) is 11.3 Å². The van der Waals surface area contributed by atoms with E-state index in [1.807, 2.05) is 0 Å². The van der Waals surface area contributed by atoms with Crippen LogP contribution in [0, 0.1) is 0 Å². The number of hydrogen-bond acceptors (Lipinski definition) is 5. The third-order valence-electron chi connectivity index (χ3n) is 2.80. The molecular weight excluding hydrogens is 238 g/mol. The van der Waals surface area contributed by atoms with Crippen molar-refractivity contribution in [3.05, 3.63) is 23.8 Å². The number of β-amino-alcohol motifs (C(OH)–C–C–N with tert-alkyl or cyclic N) is 1. The van der Waals surface area contributed by atoms with Crippen molar-refractivity contribution in [3.63, 3.8) is 0 Å². The average Bonchev–Trinajstić information content (AvgIpc) is 2.62. The molecule has 3 rings (SSSR count). The largest absolute Gasteiger partial charge is 0.389 e. The highest BCUT2D eigenvalue weighted by Gasteiger charge is 2.29. The van der Waals surface area contributed by atoms with Gasteiger partial charge < -0.3 is 15.7 Å². The van der Waals surface area contributed by atoms with E-state index in [4.69, 9.17) is 5.73 Å². The van der Waals surface area contributed by atoms with Crippen LogP contribution in [-0.2, 0) is 0 Å². The Kier molecular flexibility index (Phi) is 2.27. The molecule has 5 nitrogen and oxygen atoms in total. The molecule has 0 spiro atoms. The number of nitrogens with zero attached hydrogens (tertiary/aromatic N) is 2. The highest BCUT2D eigenvalue weighted by molar-refractivity contribution is 7.22. The summed E-state index contributed by atoms with van der Waals surface area (Å²) in [6.07, 6.45) is -0.373. The van der Waals surface area contributed by atoms with Crippen LogP contribution in [0.15, 0.2) is 18.2 Å². The van der Waals surface area contributed by atoms with E-state index in [-0.39, 0.29) is 12.0 Å². The molecule has 0 radical (unpaired) electrons. The van der Waals surface area contributed by atoms with Crippen LogP contribution in [0.5, 0.6) is 0 Å². The van der Waals surface area contributed by atoms with Crippen molar-refractivity contribution in [1.29, 1.82) is 0 Å². The van der Waals surface area contributed by atoms with Gasteiger partial charge >= 0.3 is 0 Å². The van der Waals surface area contributed by atoms with E-state index in [1.165, 1.54) is 11.3 Å². The molecule has 1 amide bonds. The summed E-state index contributed by atoms with van der Waals surface area (Å²) in [6.45, 7) is 0.837. The van der Waals surface area contributed by atoms with Gasteiger partial charge in [-0.25, -0.2) is 4.98 Å². The molecule has 17 heavy (non-hydrogen) atoms. The Bertz CT molecular complexity index is 589. The Labute approximate surface area is 101 Å². The summed E-state index contributed by atoms with van der Waals surface area (Å²) < 4.78 is 0.912. The fourth-order valence-electron chi connectivity index (χ4n) is 1.88. The normalized spacial score (nSPS) is 16.2. The van der Waals surface area contributed by atoms with E-state index in [0.717, 1.165) is 10.2 Å². The minimum atomic E-state index is -0.373. The molecule has 0 bridgehead atoms. The van der Waals surface area contributed by atoms with Crippen LogP contribution >= 0.6 is 11.3 Å². The first-order valence-corrected chi connectivity index (χ1v) is 6.08. The Balaban J connectivity index is 1.92. The number of carbonyl (C=O) groups excluding carboxylic acids is 1. The van der Waals surface area contributed by atoms with Crippen LogP contribution in [0.4, 0.5) is 5.13 Å². The number of thiazole rings is 1. The minimum absolute atomic E-state index is 0.0517. The van der Waals surface area contributed by atoms with Crippen molar-refractivity contribution in [2.75, 3.05) is 18.8 Å². The van der Waals surface area contributed by atoms with Gasteiger partial charge in [-0.05, 0) is 18.2 Å². The molecule has 6 heteroatoms. The monoisotopic (exact) mass is 249 g/mol. The fourth-order valence-corrected chi connectivity index (χ4v) is 2.65. The molecule has 0 aliphatic carbocycles. The van der Waals surface area contributed by atoms with Gasteiger partial charge in [0.15, 0.2) is 5.13 Å². The van der Waals surface area contributed by atoms with Crippen molar-refractivity contribution in [3.8, 4) is 0 Å². The molecular formula is C11H11N3O2S. The quantitative estimate of drug-likeness (QED) is 0.779. The molecule has 88 valence electrons. The summed E-state index contributed by atoms with van der Waals surface area (Å²) in [6, 6.07) is 5.34. The molecule has 0 saturated carbocycles. The summed E-state index contributed by atoms with van der Waals surface area (Å²) in [4.78, 5) is 17.7. The number of carbonyl (C=O) groups is 1. The summed E-state index contributed by atoms with van der Waals surface area (Å²) in [5.41, 5.74) is 7.04. The summed E-state index contributed by atoms with van der Waals surface area (Å²) >= 11 is 1.37. The second kappa shape index (κ2) is 3.68. The number of anilines is 1. The van der Waals surface area contributed by atoms with Crippen LogP contribution in [0.1, 0.15) is 10.4 Å². The van der Waals surface area contributed by atoms with E-state index in [9.17, 15) is 9.90 Å². The summed E-state index contributed by atoms with van der Waals surface area (Å²) in [7, 11) is 0. The molecule has 1 aromatic heterocycles. The van der Waals surface area contributed by atoms with E-state index < -0.39 is 0 Å². The minimum Gasteiger partial charge on any atom is -0.389 e. The van der Waals surface area contributed by atoms with Crippen molar-refractivity contribution < 1.29 is 9.90 Å². The van der Waals surface area contributed by atoms with Crippen LogP contribution in [0.2, 0.25) is 0 Å². The van der Waals surface area contributed by atoms with E-state index in [2.05, 4.69) is 4.98 Å². The first-order valence-electron chi connectivity index (χ1n) is 5.27. The third-order valence-corrected chi connectivity index (χ3v) is 3.65. The zero-order valence-electron chi connectivity index (χ0n) is 8.96. The maximum Gasteiger partial charge on any atom is 0.254 e. The van der Waals surface area contributed by atoms with E-state index in [0.29, 0.717) is 23.8 Å². The Morgan fingerprint density at radius 2 is 2.29 bits per heavy atom. The maximum absolute atomic E-state index is 12.0. The molecule has 1 fully saturated rings. The summed E-state index contributed by atoms with van der Waals surface area (Å²) in [5, 5.41) is 9.67. The lowest BCUT2D eigenvalue weighted by atomic mass is 10.1. The molecule has 2 aromatic rings. The Morgan fingerprint density at radius 3 is 3.00 bits per heavy atom. The van der Waals surface area contributed by atoms with Gasteiger partial charge in [0, 0.05) is 18.7 Å². The second-order valence-electron chi connectivity index (χ2n) is 4.10. The van der Waals surface area contributed by atoms with Gasteiger partial charge in [0.25, 0.3) is 5.91 Å². The van der Waals surface area contributed by atoms with Gasteiger partial charge in [0.1, 0.15) is 0 Å². The van der Waals surface area contributed by atoms with Gasteiger partial charge in [0.2, 0.25) is 0 Å². The predicted octanol–water partition coefficient (Wildman–Crippen LogP) is 0.695. The topological polar surface area (TPSA) is 79.5 Å². The first kappa shape index (κ1) is 10.5. The van der Waals surface area contributed by atoms with Crippen LogP contribution in [-0.4, -0.2) is 40.1 Å².